The summed E-state index contributed by atoms with van der Waals surface area (Å²) in [4.78, 5) is 32.4. The molecule has 0 bridgehead atoms. The van der Waals surface area contributed by atoms with Crippen LogP contribution in [0.1, 0.15) is 13.3 Å². The largest absolute Gasteiger partial charge is 0.792 e. The summed E-state index contributed by atoms with van der Waals surface area (Å²) in [5.41, 5.74) is 0. The van der Waals surface area contributed by atoms with Crippen LogP contribution in [0.25, 0.3) is 0 Å². The lowest BCUT2D eigenvalue weighted by atomic mass is 10.1. The van der Waals surface area contributed by atoms with Gasteiger partial charge in [0.05, 0.1) is 19.6 Å². The van der Waals surface area contributed by atoms with Gasteiger partial charge in [-0.15, -0.1) is 0 Å². The predicted molar refractivity (Wildman–Crippen MR) is 45.1 cm³/mol. The van der Waals surface area contributed by atoms with Crippen LogP contribution in [0, 0.1) is 0 Å². The number of ether oxygens (including phenoxy) is 1. The first-order valence-corrected chi connectivity index (χ1v) is 4.16. The molecule has 1 heterocycles. The third kappa shape index (κ3) is 3.24. The molecule has 0 radical (unpaired) electrons. The molecule has 0 aliphatic carbocycles. The molecule has 1 unspecified atom stereocenters. The molecule has 0 aromatic heterocycles. The van der Waals surface area contributed by atoms with Crippen molar-refractivity contribution in [2.45, 2.75) is 19.4 Å². The highest BCUT2D eigenvalue weighted by Gasteiger charge is 2.40. The minimum Gasteiger partial charge on any atom is -0.473 e. The van der Waals surface area contributed by atoms with Gasteiger partial charge in [-0.3, -0.25) is 4.79 Å². The van der Waals surface area contributed by atoms with E-state index in [1.807, 2.05) is 0 Å². The molecule has 0 N–H and O–H groups in total. The van der Waals surface area contributed by atoms with Crippen LogP contribution >= 0.6 is 0 Å². The van der Waals surface area contributed by atoms with E-state index in [1.54, 1.807) is 6.92 Å². The van der Waals surface area contributed by atoms with E-state index >= 15 is 0 Å². The van der Waals surface area contributed by atoms with Gasteiger partial charge < -0.3 is 18.7 Å². The lowest BCUT2D eigenvalue weighted by Crippen LogP contribution is -2.42. The SMILES string of the molecule is COC(=O)C(=O)OB1OC(=O)CC(C)O1. The molecule has 1 aliphatic rings. The fraction of sp³-hybridized carbons (Fsp3) is 0.571. The van der Waals surface area contributed by atoms with Crippen LogP contribution in [0.3, 0.4) is 0 Å². The first kappa shape index (κ1) is 11.5. The second-order valence-electron chi connectivity index (χ2n) is 2.83. The normalized spacial score (nSPS) is 20.5. The molecule has 0 aromatic rings. The summed E-state index contributed by atoms with van der Waals surface area (Å²) in [5, 5.41) is 0. The Morgan fingerprint density at radius 1 is 1.47 bits per heavy atom. The van der Waals surface area contributed by atoms with E-state index in [0.29, 0.717) is 0 Å². The Kier molecular flexibility index (Phi) is 3.67. The molecule has 0 amide bonds. The zero-order chi connectivity index (χ0) is 11.4. The zero-order valence-electron chi connectivity index (χ0n) is 8.22. The Balaban J connectivity index is 2.47. The Morgan fingerprint density at radius 3 is 2.67 bits per heavy atom. The average molecular weight is 216 g/mol. The van der Waals surface area contributed by atoms with Crippen LogP contribution in [0.2, 0.25) is 0 Å². The van der Waals surface area contributed by atoms with E-state index in [4.69, 9.17) is 4.65 Å². The predicted octanol–water partition coefficient (Wildman–Crippen LogP) is -0.961. The van der Waals surface area contributed by atoms with Gasteiger partial charge in [0.1, 0.15) is 0 Å². The quantitative estimate of drug-likeness (QED) is 0.316. The van der Waals surface area contributed by atoms with Crippen molar-refractivity contribution in [3.8, 4) is 0 Å². The van der Waals surface area contributed by atoms with E-state index in [9.17, 15) is 14.4 Å². The van der Waals surface area contributed by atoms with E-state index < -0.39 is 31.3 Å². The standard InChI is InChI=1S/C7H9BO7/c1-4-3-5(9)14-8(13-4)15-7(11)6(10)12-2/h4H,3H2,1-2H3. The van der Waals surface area contributed by atoms with Crippen molar-refractivity contribution in [1.29, 1.82) is 0 Å². The van der Waals surface area contributed by atoms with Gasteiger partial charge in [0.15, 0.2) is 0 Å². The number of hydrogen-bond acceptors (Lipinski definition) is 7. The van der Waals surface area contributed by atoms with Crippen molar-refractivity contribution in [2.24, 2.45) is 0 Å². The Hall–Kier alpha value is -1.57. The second kappa shape index (κ2) is 4.78. The molecule has 1 rings (SSSR count). The summed E-state index contributed by atoms with van der Waals surface area (Å²) in [7, 11) is -0.451. The fourth-order valence-electron chi connectivity index (χ4n) is 0.926. The summed E-state index contributed by atoms with van der Waals surface area (Å²) in [6.07, 6.45) is -0.353. The number of hydrogen-bond donors (Lipinski definition) is 0. The molecule has 1 saturated heterocycles. The molecule has 82 valence electrons. The summed E-state index contributed by atoms with van der Waals surface area (Å²) < 4.78 is 17.9. The maximum atomic E-state index is 10.9. The summed E-state index contributed by atoms with van der Waals surface area (Å²) in [6, 6.07) is 0. The number of esters is 1. The van der Waals surface area contributed by atoms with Gasteiger partial charge in [-0.1, -0.05) is 0 Å². The molecule has 0 saturated carbocycles. The second-order valence-corrected chi connectivity index (χ2v) is 2.83. The third-order valence-electron chi connectivity index (χ3n) is 1.58. The summed E-state index contributed by atoms with van der Waals surface area (Å²) in [5.74, 6) is -3.02. The average Bonchev–Trinajstić information content (AvgIpc) is 2.14. The van der Waals surface area contributed by atoms with Gasteiger partial charge in [-0.05, 0) is 6.92 Å². The first-order chi connectivity index (χ1) is 7.02. The van der Waals surface area contributed by atoms with Crippen molar-refractivity contribution >= 4 is 25.2 Å². The van der Waals surface area contributed by atoms with Crippen LogP contribution in [0.4, 0.5) is 0 Å². The molecule has 8 heteroatoms. The zero-order valence-corrected chi connectivity index (χ0v) is 8.22. The minimum absolute atomic E-state index is 0.0757. The molecule has 1 atom stereocenters. The third-order valence-corrected chi connectivity index (χ3v) is 1.58. The summed E-state index contributed by atoms with van der Waals surface area (Å²) >= 11 is 0. The van der Waals surface area contributed by atoms with Crippen LogP contribution < -0.4 is 0 Å². The van der Waals surface area contributed by atoms with Crippen LogP contribution in [-0.4, -0.2) is 38.4 Å². The van der Waals surface area contributed by atoms with Gasteiger partial charge in [0, 0.05) is 0 Å². The maximum absolute atomic E-state index is 10.9. The van der Waals surface area contributed by atoms with Crippen molar-refractivity contribution < 1.29 is 33.1 Å². The first-order valence-electron chi connectivity index (χ1n) is 4.16. The number of rotatable bonds is 1. The molecule has 7 nitrogen and oxygen atoms in total. The minimum atomic E-state index is -1.48. The molecular formula is C7H9BO7. The number of carbonyl (C=O) groups excluding carboxylic acids is 3. The molecule has 0 spiro atoms. The number of methoxy groups -OCH3 is 1. The number of carbonyl (C=O) groups is 3. The molecular weight excluding hydrogens is 207 g/mol. The van der Waals surface area contributed by atoms with Gasteiger partial charge in [-0.25, -0.2) is 9.59 Å². The maximum Gasteiger partial charge on any atom is 0.792 e. The Morgan fingerprint density at radius 2 is 2.13 bits per heavy atom. The smallest absolute Gasteiger partial charge is 0.473 e. The van der Waals surface area contributed by atoms with Gasteiger partial charge in [0.2, 0.25) is 0 Å². The Labute approximate surface area is 85.8 Å². The van der Waals surface area contributed by atoms with Crippen LogP contribution in [0.15, 0.2) is 0 Å². The van der Waals surface area contributed by atoms with E-state index in [-0.39, 0.29) is 6.42 Å². The van der Waals surface area contributed by atoms with Crippen molar-refractivity contribution in [3.05, 3.63) is 0 Å². The van der Waals surface area contributed by atoms with E-state index in [0.717, 1.165) is 7.11 Å². The van der Waals surface area contributed by atoms with Crippen molar-refractivity contribution in [3.63, 3.8) is 0 Å². The van der Waals surface area contributed by atoms with Crippen LogP contribution in [0.5, 0.6) is 0 Å². The lowest BCUT2D eigenvalue weighted by molar-refractivity contribution is -0.164. The van der Waals surface area contributed by atoms with E-state index in [1.165, 1.54) is 0 Å². The Bertz CT molecular complexity index is 289. The van der Waals surface area contributed by atoms with Crippen molar-refractivity contribution in [2.75, 3.05) is 7.11 Å². The topological polar surface area (TPSA) is 88.1 Å². The fourth-order valence-corrected chi connectivity index (χ4v) is 0.926. The monoisotopic (exact) mass is 216 g/mol. The molecule has 0 aromatic carbocycles. The molecule has 1 aliphatic heterocycles. The van der Waals surface area contributed by atoms with Crippen molar-refractivity contribution in [1.82, 2.24) is 0 Å². The highest BCUT2D eigenvalue weighted by Crippen LogP contribution is 2.11. The van der Waals surface area contributed by atoms with Crippen LogP contribution in [-0.2, 0) is 33.1 Å². The highest BCUT2D eigenvalue weighted by atomic mass is 16.8. The highest BCUT2D eigenvalue weighted by molar-refractivity contribution is 6.47. The van der Waals surface area contributed by atoms with E-state index in [2.05, 4.69) is 14.0 Å². The lowest BCUT2D eigenvalue weighted by Gasteiger charge is -2.22. The van der Waals surface area contributed by atoms with Gasteiger partial charge >= 0.3 is 19.3 Å². The van der Waals surface area contributed by atoms with Gasteiger partial charge in [0.25, 0.3) is 5.97 Å². The molecule has 15 heavy (non-hydrogen) atoms. The van der Waals surface area contributed by atoms with Gasteiger partial charge in [-0.2, -0.15) is 0 Å². The summed E-state index contributed by atoms with van der Waals surface area (Å²) in [6.45, 7) is 1.61. The molecule has 1 fully saturated rings.